The average Bonchev–Trinajstić information content (AvgIpc) is 2.06. The molecule has 60 valence electrons. The number of ether oxygens (including phenoxy) is 1. The monoisotopic (exact) mass is 150 g/mol. The summed E-state index contributed by atoms with van der Waals surface area (Å²) in [5.41, 5.74) is 0. The first kappa shape index (κ1) is 8.28. The molecule has 1 heterocycles. The van der Waals surface area contributed by atoms with Crippen LogP contribution in [0.4, 0.5) is 0 Å². The van der Waals surface area contributed by atoms with E-state index in [0.717, 1.165) is 6.61 Å². The number of allylic oxidation sites excluding steroid dienone is 1. The van der Waals surface area contributed by atoms with Crippen molar-refractivity contribution in [1.29, 1.82) is 0 Å². The lowest BCUT2D eigenvalue weighted by Gasteiger charge is -2.22. The fourth-order valence-electron chi connectivity index (χ4n) is 1.19. The molecule has 0 amide bonds. The molecule has 0 aliphatic carbocycles. The van der Waals surface area contributed by atoms with Crippen LogP contribution >= 0.6 is 0 Å². The van der Waals surface area contributed by atoms with Crippen LogP contribution in [-0.2, 0) is 4.74 Å². The van der Waals surface area contributed by atoms with E-state index in [1.165, 1.54) is 0 Å². The number of hydrogen-bond donors (Lipinski definition) is 0. The zero-order valence-electron chi connectivity index (χ0n) is 6.86. The SMILES string of the molecule is C=CC1C=CCOC1/C=C\C. The third-order valence-electron chi connectivity index (χ3n) is 1.78. The Balaban J connectivity index is 2.62. The van der Waals surface area contributed by atoms with Crippen molar-refractivity contribution in [3.8, 4) is 0 Å². The molecule has 0 saturated heterocycles. The lowest BCUT2D eigenvalue weighted by Crippen LogP contribution is -2.22. The summed E-state index contributed by atoms with van der Waals surface area (Å²) in [7, 11) is 0. The highest BCUT2D eigenvalue weighted by Crippen LogP contribution is 2.16. The topological polar surface area (TPSA) is 9.23 Å². The smallest absolute Gasteiger partial charge is 0.0857 e. The van der Waals surface area contributed by atoms with Crippen LogP contribution in [0, 0.1) is 5.92 Å². The van der Waals surface area contributed by atoms with Crippen LogP contribution in [0.5, 0.6) is 0 Å². The van der Waals surface area contributed by atoms with Crippen molar-refractivity contribution in [3.63, 3.8) is 0 Å². The van der Waals surface area contributed by atoms with Crippen LogP contribution in [0.2, 0.25) is 0 Å². The lowest BCUT2D eigenvalue weighted by molar-refractivity contribution is 0.0812. The van der Waals surface area contributed by atoms with Crippen LogP contribution in [0.3, 0.4) is 0 Å². The molecule has 1 nitrogen and oxygen atoms in total. The predicted octanol–water partition coefficient (Wildman–Crippen LogP) is 2.32. The van der Waals surface area contributed by atoms with E-state index in [1.54, 1.807) is 0 Å². The van der Waals surface area contributed by atoms with Gasteiger partial charge in [-0.05, 0) is 6.92 Å². The molecule has 0 saturated carbocycles. The maximum absolute atomic E-state index is 5.48. The van der Waals surface area contributed by atoms with Gasteiger partial charge in [0.2, 0.25) is 0 Å². The van der Waals surface area contributed by atoms with Gasteiger partial charge in [0.15, 0.2) is 0 Å². The molecule has 2 atom stereocenters. The third kappa shape index (κ3) is 2.05. The van der Waals surface area contributed by atoms with Crippen molar-refractivity contribution in [2.24, 2.45) is 5.92 Å². The molecule has 0 N–H and O–H groups in total. The fraction of sp³-hybridized carbons (Fsp3) is 0.400. The highest BCUT2D eigenvalue weighted by Gasteiger charge is 2.15. The van der Waals surface area contributed by atoms with Crippen LogP contribution < -0.4 is 0 Å². The molecule has 0 fully saturated rings. The minimum Gasteiger partial charge on any atom is -0.369 e. The molecule has 0 spiro atoms. The van der Waals surface area contributed by atoms with Gasteiger partial charge in [0.05, 0.1) is 12.7 Å². The maximum Gasteiger partial charge on any atom is 0.0857 e. The van der Waals surface area contributed by atoms with Gasteiger partial charge in [-0.15, -0.1) is 6.58 Å². The van der Waals surface area contributed by atoms with Gasteiger partial charge in [-0.25, -0.2) is 0 Å². The van der Waals surface area contributed by atoms with E-state index in [0.29, 0.717) is 5.92 Å². The normalized spacial score (nSPS) is 31.0. The molecule has 0 radical (unpaired) electrons. The van der Waals surface area contributed by atoms with E-state index in [9.17, 15) is 0 Å². The van der Waals surface area contributed by atoms with E-state index in [-0.39, 0.29) is 6.10 Å². The van der Waals surface area contributed by atoms with Crippen LogP contribution in [0.25, 0.3) is 0 Å². The van der Waals surface area contributed by atoms with Crippen molar-refractivity contribution < 1.29 is 4.74 Å². The van der Waals surface area contributed by atoms with E-state index in [4.69, 9.17) is 4.74 Å². The first-order chi connectivity index (χ1) is 5.38. The van der Waals surface area contributed by atoms with Gasteiger partial charge in [0.1, 0.15) is 0 Å². The molecule has 1 aliphatic rings. The lowest BCUT2D eigenvalue weighted by atomic mass is 10.00. The summed E-state index contributed by atoms with van der Waals surface area (Å²) in [6, 6.07) is 0. The van der Waals surface area contributed by atoms with Gasteiger partial charge in [-0.2, -0.15) is 0 Å². The molecule has 0 bridgehead atoms. The van der Waals surface area contributed by atoms with Gasteiger partial charge in [-0.3, -0.25) is 0 Å². The van der Waals surface area contributed by atoms with Crippen molar-refractivity contribution in [2.45, 2.75) is 13.0 Å². The number of hydrogen-bond acceptors (Lipinski definition) is 1. The van der Waals surface area contributed by atoms with Crippen LogP contribution in [0.15, 0.2) is 37.0 Å². The number of rotatable bonds is 2. The largest absolute Gasteiger partial charge is 0.369 e. The standard InChI is InChI=1S/C10H14O/c1-3-6-10-9(4-2)7-5-8-11-10/h3-7,9-10H,2,8H2,1H3/b6-3-. The summed E-state index contributed by atoms with van der Waals surface area (Å²) in [5, 5.41) is 0. The summed E-state index contributed by atoms with van der Waals surface area (Å²) >= 11 is 0. The van der Waals surface area contributed by atoms with E-state index in [2.05, 4.69) is 18.7 Å². The Labute approximate surface area is 68.1 Å². The van der Waals surface area contributed by atoms with Gasteiger partial charge >= 0.3 is 0 Å². The first-order valence-electron chi connectivity index (χ1n) is 3.92. The molecule has 0 aromatic rings. The molecule has 0 aromatic carbocycles. The quantitative estimate of drug-likeness (QED) is 0.549. The minimum atomic E-state index is 0.197. The third-order valence-corrected chi connectivity index (χ3v) is 1.78. The van der Waals surface area contributed by atoms with Gasteiger partial charge in [-0.1, -0.05) is 30.4 Å². The zero-order chi connectivity index (χ0) is 8.10. The highest BCUT2D eigenvalue weighted by atomic mass is 16.5. The fourth-order valence-corrected chi connectivity index (χ4v) is 1.19. The van der Waals surface area contributed by atoms with Gasteiger partial charge in [0.25, 0.3) is 0 Å². The second-order valence-electron chi connectivity index (χ2n) is 2.56. The van der Waals surface area contributed by atoms with Crippen molar-refractivity contribution in [3.05, 3.63) is 37.0 Å². The van der Waals surface area contributed by atoms with Crippen LogP contribution in [-0.4, -0.2) is 12.7 Å². The summed E-state index contributed by atoms with van der Waals surface area (Å²) < 4.78 is 5.48. The molecule has 11 heavy (non-hydrogen) atoms. The average molecular weight is 150 g/mol. The highest BCUT2D eigenvalue weighted by molar-refractivity contribution is 5.09. The molecule has 1 aliphatic heterocycles. The van der Waals surface area contributed by atoms with E-state index in [1.807, 2.05) is 25.2 Å². The molecular formula is C10H14O. The Morgan fingerprint density at radius 3 is 3.09 bits per heavy atom. The Bertz CT molecular complexity index is 179. The second kappa shape index (κ2) is 4.14. The maximum atomic E-state index is 5.48. The Hall–Kier alpha value is -0.820. The van der Waals surface area contributed by atoms with Crippen molar-refractivity contribution >= 4 is 0 Å². The van der Waals surface area contributed by atoms with Crippen molar-refractivity contribution in [2.75, 3.05) is 6.61 Å². The van der Waals surface area contributed by atoms with Gasteiger partial charge < -0.3 is 4.74 Å². The Kier molecular flexibility index (Phi) is 3.12. The summed E-state index contributed by atoms with van der Waals surface area (Å²) in [6.07, 6.45) is 10.4. The van der Waals surface area contributed by atoms with Crippen molar-refractivity contribution in [1.82, 2.24) is 0 Å². The summed E-state index contributed by atoms with van der Waals surface area (Å²) in [6.45, 7) is 6.48. The molecule has 2 unspecified atom stereocenters. The molecular weight excluding hydrogens is 136 g/mol. The summed E-state index contributed by atoms with van der Waals surface area (Å²) in [4.78, 5) is 0. The molecule has 0 aromatic heterocycles. The first-order valence-corrected chi connectivity index (χ1v) is 3.92. The van der Waals surface area contributed by atoms with Gasteiger partial charge in [0, 0.05) is 5.92 Å². The predicted molar refractivity (Wildman–Crippen MR) is 47.4 cm³/mol. The zero-order valence-corrected chi connectivity index (χ0v) is 6.86. The Morgan fingerprint density at radius 2 is 2.45 bits per heavy atom. The minimum absolute atomic E-state index is 0.197. The molecule has 1 heteroatoms. The van der Waals surface area contributed by atoms with Crippen LogP contribution in [0.1, 0.15) is 6.92 Å². The Morgan fingerprint density at radius 1 is 1.64 bits per heavy atom. The van der Waals surface area contributed by atoms with E-state index >= 15 is 0 Å². The summed E-state index contributed by atoms with van der Waals surface area (Å²) in [5.74, 6) is 0.347. The molecule has 1 rings (SSSR count). The second-order valence-corrected chi connectivity index (χ2v) is 2.56. The van der Waals surface area contributed by atoms with E-state index < -0.39 is 0 Å².